The first-order chi connectivity index (χ1) is 15.1. The van der Waals surface area contributed by atoms with E-state index in [9.17, 15) is 9.59 Å². The van der Waals surface area contributed by atoms with Crippen LogP contribution in [-0.4, -0.2) is 65.8 Å². The second-order valence-corrected chi connectivity index (χ2v) is 9.06. The zero-order valence-electron chi connectivity index (χ0n) is 18.4. The fourth-order valence-electron chi connectivity index (χ4n) is 3.84. The van der Waals surface area contributed by atoms with Gasteiger partial charge >= 0.3 is 0 Å². The van der Waals surface area contributed by atoms with Gasteiger partial charge in [0.2, 0.25) is 11.8 Å². The van der Waals surface area contributed by atoms with E-state index in [1.54, 1.807) is 0 Å². The SMILES string of the molecule is Cc1cccc(NC(=O)CSCC(=O)N2CCCN(CCCc3ccccc3)CC2)c1. The number of nitrogens with zero attached hydrogens (tertiary/aromatic N) is 2. The smallest absolute Gasteiger partial charge is 0.234 e. The maximum Gasteiger partial charge on any atom is 0.234 e. The monoisotopic (exact) mass is 439 g/mol. The van der Waals surface area contributed by atoms with E-state index in [1.807, 2.05) is 36.1 Å². The summed E-state index contributed by atoms with van der Waals surface area (Å²) in [6.45, 7) is 6.63. The number of hydrogen-bond donors (Lipinski definition) is 1. The van der Waals surface area contributed by atoms with Crippen molar-refractivity contribution in [3.63, 3.8) is 0 Å². The second-order valence-electron chi connectivity index (χ2n) is 8.08. The van der Waals surface area contributed by atoms with Gasteiger partial charge in [-0.1, -0.05) is 42.5 Å². The number of nitrogens with one attached hydrogen (secondary N) is 1. The molecule has 0 aliphatic carbocycles. The molecule has 1 heterocycles. The van der Waals surface area contributed by atoms with E-state index in [-0.39, 0.29) is 11.8 Å². The minimum absolute atomic E-state index is 0.0659. The van der Waals surface area contributed by atoms with Crippen LogP contribution in [0, 0.1) is 6.92 Å². The number of carbonyl (C=O) groups is 2. The van der Waals surface area contributed by atoms with Crippen LogP contribution in [0.1, 0.15) is 24.0 Å². The van der Waals surface area contributed by atoms with Crippen molar-refractivity contribution in [2.75, 3.05) is 49.5 Å². The Kier molecular flexibility index (Phi) is 9.43. The third-order valence-electron chi connectivity index (χ3n) is 5.48. The summed E-state index contributed by atoms with van der Waals surface area (Å²) in [5.41, 5.74) is 3.30. The summed E-state index contributed by atoms with van der Waals surface area (Å²) < 4.78 is 0. The predicted molar refractivity (Wildman–Crippen MR) is 130 cm³/mol. The highest BCUT2D eigenvalue weighted by atomic mass is 32.2. The predicted octanol–water partition coefficient (Wildman–Crippen LogP) is 3.83. The highest BCUT2D eigenvalue weighted by Crippen LogP contribution is 2.12. The van der Waals surface area contributed by atoms with Gasteiger partial charge in [-0.15, -0.1) is 11.8 Å². The summed E-state index contributed by atoms with van der Waals surface area (Å²) in [7, 11) is 0. The average molecular weight is 440 g/mol. The Morgan fingerprint density at radius 3 is 2.61 bits per heavy atom. The van der Waals surface area contributed by atoms with Gasteiger partial charge < -0.3 is 15.1 Å². The zero-order valence-corrected chi connectivity index (χ0v) is 19.2. The number of anilines is 1. The van der Waals surface area contributed by atoms with E-state index in [0.29, 0.717) is 11.5 Å². The summed E-state index contributed by atoms with van der Waals surface area (Å²) in [6, 6.07) is 18.3. The molecule has 0 spiro atoms. The Morgan fingerprint density at radius 1 is 0.968 bits per heavy atom. The van der Waals surface area contributed by atoms with E-state index >= 15 is 0 Å². The van der Waals surface area contributed by atoms with E-state index in [0.717, 1.165) is 63.2 Å². The first kappa shape index (κ1) is 23.4. The summed E-state index contributed by atoms with van der Waals surface area (Å²) in [5.74, 6) is 0.720. The molecule has 6 heteroatoms. The maximum atomic E-state index is 12.6. The van der Waals surface area contributed by atoms with Crippen LogP contribution in [0.5, 0.6) is 0 Å². The molecule has 1 N–H and O–H groups in total. The maximum absolute atomic E-state index is 12.6. The largest absolute Gasteiger partial charge is 0.341 e. The molecule has 166 valence electrons. The van der Waals surface area contributed by atoms with Crippen LogP contribution in [0.2, 0.25) is 0 Å². The molecule has 5 nitrogen and oxygen atoms in total. The van der Waals surface area contributed by atoms with E-state index in [1.165, 1.54) is 17.3 Å². The van der Waals surface area contributed by atoms with Crippen LogP contribution in [0.4, 0.5) is 5.69 Å². The minimum Gasteiger partial charge on any atom is -0.341 e. The molecular formula is C25H33N3O2S. The lowest BCUT2D eigenvalue weighted by molar-refractivity contribution is -0.128. The lowest BCUT2D eigenvalue weighted by atomic mass is 10.1. The number of benzene rings is 2. The Labute approximate surface area is 190 Å². The van der Waals surface area contributed by atoms with Gasteiger partial charge in [-0.05, 0) is 62.5 Å². The number of carbonyl (C=O) groups excluding carboxylic acids is 2. The lowest BCUT2D eigenvalue weighted by Crippen LogP contribution is -2.36. The van der Waals surface area contributed by atoms with Crippen molar-refractivity contribution in [1.82, 2.24) is 9.80 Å². The van der Waals surface area contributed by atoms with Crippen LogP contribution >= 0.6 is 11.8 Å². The third-order valence-corrected chi connectivity index (χ3v) is 6.40. The van der Waals surface area contributed by atoms with E-state index in [2.05, 4.69) is 40.5 Å². The number of aryl methyl sites for hydroxylation is 2. The normalized spacial score (nSPS) is 14.8. The van der Waals surface area contributed by atoms with Crippen molar-refractivity contribution < 1.29 is 9.59 Å². The standard InChI is InChI=1S/C25H33N3O2S/c1-21-8-5-12-23(18-21)26-24(29)19-31-20-25(30)28-15-7-14-27(16-17-28)13-6-11-22-9-3-2-4-10-22/h2-5,8-10,12,18H,6-7,11,13-17,19-20H2,1H3,(H,26,29). The Morgan fingerprint density at radius 2 is 1.81 bits per heavy atom. The average Bonchev–Trinajstić information content (AvgIpc) is 3.00. The fraction of sp³-hybridized carbons (Fsp3) is 0.440. The Bertz CT molecular complexity index is 844. The molecule has 0 bridgehead atoms. The second kappa shape index (κ2) is 12.5. The molecule has 3 rings (SSSR count). The van der Waals surface area contributed by atoms with Crippen LogP contribution < -0.4 is 5.32 Å². The summed E-state index contributed by atoms with van der Waals surface area (Å²) in [4.78, 5) is 29.1. The molecule has 2 amide bonds. The van der Waals surface area contributed by atoms with Crippen LogP contribution in [0.25, 0.3) is 0 Å². The molecule has 0 aromatic heterocycles. The molecule has 1 aliphatic rings. The Balaban J connectivity index is 1.32. The van der Waals surface area contributed by atoms with Gasteiger partial charge in [-0.25, -0.2) is 0 Å². The van der Waals surface area contributed by atoms with Gasteiger partial charge in [0.25, 0.3) is 0 Å². The molecule has 0 saturated carbocycles. The molecule has 2 aromatic rings. The minimum atomic E-state index is -0.0659. The van der Waals surface area contributed by atoms with Crippen LogP contribution in [-0.2, 0) is 16.0 Å². The van der Waals surface area contributed by atoms with Crippen molar-refractivity contribution in [1.29, 1.82) is 0 Å². The molecule has 31 heavy (non-hydrogen) atoms. The fourth-order valence-corrected chi connectivity index (χ4v) is 4.55. The van der Waals surface area contributed by atoms with E-state index in [4.69, 9.17) is 0 Å². The molecular weight excluding hydrogens is 406 g/mol. The Hall–Kier alpha value is -2.31. The molecule has 0 radical (unpaired) electrons. The highest BCUT2D eigenvalue weighted by Gasteiger charge is 2.19. The first-order valence-electron chi connectivity index (χ1n) is 11.1. The first-order valence-corrected chi connectivity index (χ1v) is 12.2. The van der Waals surface area contributed by atoms with Gasteiger partial charge in [0, 0.05) is 25.3 Å². The van der Waals surface area contributed by atoms with Gasteiger partial charge in [-0.3, -0.25) is 9.59 Å². The number of hydrogen-bond acceptors (Lipinski definition) is 4. The van der Waals surface area contributed by atoms with Gasteiger partial charge in [0.05, 0.1) is 11.5 Å². The van der Waals surface area contributed by atoms with Crippen LogP contribution in [0.3, 0.4) is 0 Å². The van der Waals surface area contributed by atoms with Gasteiger partial charge in [-0.2, -0.15) is 0 Å². The summed E-state index contributed by atoms with van der Waals surface area (Å²) in [5, 5.41) is 2.89. The molecule has 0 unspecified atom stereocenters. The molecule has 1 fully saturated rings. The number of amides is 2. The third kappa shape index (κ3) is 8.38. The van der Waals surface area contributed by atoms with Crippen molar-refractivity contribution in [3.8, 4) is 0 Å². The van der Waals surface area contributed by atoms with Gasteiger partial charge in [0.1, 0.15) is 0 Å². The zero-order chi connectivity index (χ0) is 21.9. The van der Waals surface area contributed by atoms with Crippen molar-refractivity contribution in [3.05, 3.63) is 65.7 Å². The summed E-state index contributed by atoms with van der Waals surface area (Å²) >= 11 is 1.39. The molecule has 1 saturated heterocycles. The quantitative estimate of drug-likeness (QED) is 0.645. The molecule has 0 atom stereocenters. The van der Waals surface area contributed by atoms with Crippen molar-refractivity contribution >= 4 is 29.3 Å². The van der Waals surface area contributed by atoms with Gasteiger partial charge in [0.15, 0.2) is 0 Å². The van der Waals surface area contributed by atoms with Crippen LogP contribution in [0.15, 0.2) is 54.6 Å². The topological polar surface area (TPSA) is 52.7 Å². The molecule has 1 aliphatic heterocycles. The summed E-state index contributed by atoms with van der Waals surface area (Å²) in [6.07, 6.45) is 3.25. The van der Waals surface area contributed by atoms with Crippen molar-refractivity contribution in [2.45, 2.75) is 26.2 Å². The van der Waals surface area contributed by atoms with Crippen molar-refractivity contribution in [2.24, 2.45) is 0 Å². The lowest BCUT2D eigenvalue weighted by Gasteiger charge is -2.22. The van der Waals surface area contributed by atoms with E-state index < -0.39 is 0 Å². The molecule has 2 aromatic carbocycles. The number of thioether (sulfide) groups is 1. The highest BCUT2D eigenvalue weighted by molar-refractivity contribution is 8.00. The number of rotatable bonds is 9.